The third kappa shape index (κ3) is 1.14. The molecule has 5 heteroatoms. The third-order valence-corrected chi connectivity index (χ3v) is 1.86. The maximum absolute atomic E-state index is 11.1. The smallest absolute Gasteiger partial charge is 0.270 e. The first-order chi connectivity index (χ1) is 6.18. The molecule has 0 saturated carbocycles. The fourth-order valence-corrected chi connectivity index (χ4v) is 1.14. The number of rotatable bonds is 0. The molecule has 13 heavy (non-hydrogen) atoms. The monoisotopic (exact) mass is 177 g/mol. The summed E-state index contributed by atoms with van der Waals surface area (Å²) >= 11 is 0. The van der Waals surface area contributed by atoms with Crippen LogP contribution in [0.2, 0.25) is 0 Å². The number of hydrogen-bond acceptors (Lipinski definition) is 3. The topological polar surface area (TPSA) is 67.8 Å². The van der Waals surface area contributed by atoms with Gasteiger partial charge >= 0.3 is 0 Å². The van der Waals surface area contributed by atoms with Gasteiger partial charge in [-0.3, -0.25) is 14.2 Å². The van der Waals surface area contributed by atoms with E-state index in [-0.39, 0.29) is 11.1 Å². The average Bonchev–Trinajstić information content (AvgIpc) is 2.12. The van der Waals surface area contributed by atoms with Gasteiger partial charge < -0.3 is 4.98 Å². The van der Waals surface area contributed by atoms with E-state index in [9.17, 15) is 9.59 Å². The largest absolute Gasteiger partial charge is 0.307 e. The van der Waals surface area contributed by atoms with Gasteiger partial charge in [0.2, 0.25) is 5.56 Å². The molecule has 0 aliphatic rings. The van der Waals surface area contributed by atoms with Gasteiger partial charge in [0.05, 0.1) is 6.20 Å². The number of hydrogen-bond donors (Lipinski definition) is 1. The van der Waals surface area contributed by atoms with Crippen molar-refractivity contribution >= 4 is 11.2 Å². The number of aromatic amines is 1. The number of nitrogens with zero attached hydrogens (tertiary/aromatic N) is 2. The maximum atomic E-state index is 11.1. The summed E-state index contributed by atoms with van der Waals surface area (Å²) in [5.41, 5.74) is 0.562. The summed E-state index contributed by atoms with van der Waals surface area (Å²) in [4.78, 5) is 28.5. The average molecular weight is 177 g/mol. The summed E-state index contributed by atoms with van der Waals surface area (Å²) in [5.74, 6) is 0. The fourth-order valence-electron chi connectivity index (χ4n) is 1.14. The van der Waals surface area contributed by atoms with Gasteiger partial charge in [0.1, 0.15) is 11.2 Å². The van der Waals surface area contributed by atoms with Gasteiger partial charge in [-0.1, -0.05) is 0 Å². The molecule has 0 unspecified atom stereocenters. The van der Waals surface area contributed by atoms with Crippen molar-refractivity contribution in [2.75, 3.05) is 0 Å². The molecule has 0 amide bonds. The molecular formula is C8H7N3O2. The Labute approximate surface area is 72.7 Å². The van der Waals surface area contributed by atoms with Crippen molar-refractivity contribution in [1.29, 1.82) is 0 Å². The van der Waals surface area contributed by atoms with Crippen molar-refractivity contribution in [3.8, 4) is 0 Å². The minimum Gasteiger partial charge on any atom is -0.307 e. The van der Waals surface area contributed by atoms with Gasteiger partial charge in [0, 0.05) is 13.1 Å². The second-order valence-corrected chi connectivity index (χ2v) is 2.71. The summed E-state index contributed by atoms with van der Waals surface area (Å²) in [6, 6.07) is 2.95. The van der Waals surface area contributed by atoms with Crippen LogP contribution in [0.1, 0.15) is 0 Å². The number of aromatic nitrogens is 3. The molecule has 5 nitrogen and oxygen atoms in total. The van der Waals surface area contributed by atoms with Crippen LogP contribution in [0.3, 0.4) is 0 Å². The molecule has 1 N–H and O–H groups in total. The molecule has 0 aliphatic heterocycles. The van der Waals surface area contributed by atoms with Gasteiger partial charge in [0.25, 0.3) is 5.56 Å². The highest BCUT2D eigenvalue weighted by Gasteiger charge is 1.99. The maximum Gasteiger partial charge on any atom is 0.270 e. The SMILES string of the molecule is Cn1c(=O)cnc2ccc(=O)[nH]c21. The van der Waals surface area contributed by atoms with Crippen molar-refractivity contribution in [3.63, 3.8) is 0 Å². The summed E-state index contributed by atoms with van der Waals surface area (Å²) < 4.78 is 1.35. The van der Waals surface area contributed by atoms with E-state index in [2.05, 4.69) is 9.97 Å². The number of pyridine rings is 1. The van der Waals surface area contributed by atoms with Crippen LogP contribution in [0.4, 0.5) is 0 Å². The standard InChI is InChI=1S/C8H7N3O2/c1-11-7(13)4-9-5-2-3-6(12)10-8(5)11/h2-4H,1H3,(H,10,12). The molecule has 0 spiro atoms. The molecule has 2 rings (SSSR count). The van der Waals surface area contributed by atoms with Crippen molar-refractivity contribution in [3.05, 3.63) is 39.0 Å². The number of aryl methyl sites for hydroxylation is 1. The van der Waals surface area contributed by atoms with E-state index in [1.807, 2.05) is 0 Å². The Morgan fingerprint density at radius 2 is 2.15 bits per heavy atom. The first-order valence-corrected chi connectivity index (χ1v) is 3.73. The molecule has 66 valence electrons. The van der Waals surface area contributed by atoms with Gasteiger partial charge in [-0.25, -0.2) is 4.98 Å². The van der Waals surface area contributed by atoms with Crippen molar-refractivity contribution in [2.24, 2.45) is 7.05 Å². The lowest BCUT2D eigenvalue weighted by Gasteiger charge is -2.00. The minimum absolute atomic E-state index is 0.240. The van der Waals surface area contributed by atoms with E-state index >= 15 is 0 Å². The fraction of sp³-hybridized carbons (Fsp3) is 0.125. The molecule has 2 aromatic rings. The highest BCUT2D eigenvalue weighted by Crippen LogP contribution is 1.99. The molecule has 0 saturated heterocycles. The Bertz CT molecular complexity index is 562. The van der Waals surface area contributed by atoms with Crippen LogP contribution >= 0.6 is 0 Å². The Kier molecular flexibility index (Phi) is 1.51. The lowest BCUT2D eigenvalue weighted by Crippen LogP contribution is -2.19. The Morgan fingerprint density at radius 3 is 2.92 bits per heavy atom. The second kappa shape index (κ2) is 2.55. The Morgan fingerprint density at radius 1 is 1.38 bits per heavy atom. The molecule has 0 fully saturated rings. The molecule has 0 radical (unpaired) electrons. The Hall–Kier alpha value is -1.91. The van der Waals surface area contributed by atoms with E-state index in [0.717, 1.165) is 0 Å². The zero-order valence-electron chi connectivity index (χ0n) is 6.94. The van der Waals surface area contributed by atoms with E-state index in [0.29, 0.717) is 11.2 Å². The van der Waals surface area contributed by atoms with E-state index in [1.165, 1.54) is 16.8 Å². The van der Waals surface area contributed by atoms with Crippen molar-refractivity contribution < 1.29 is 0 Å². The first kappa shape index (κ1) is 7.72. The van der Waals surface area contributed by atoms with Gasteiger partial charge in [-0.05, 0) is 6.07 Å². The van der Waals surface area contributed by atoms with Crippen LogP contribution in [-0.2, 0) is 7.05 Å². The normalized spacial score (nSPS) is 10.5. The predicted octanol–water partition coefficient (Wildman–Crippen LogP) is -0.378. The molecule has 2 aromatic heterocycles. The lowest BCUT2D eigenvalue weighted by molar-refractivity contribution is 0.870. The molecule has 0 atom stereocenters. The minimum atomic E-state index is -0.241. The quantitative estimate of drug-likeness (QED) is 0.596. The van der Waals surface area contributed by atoms with Crippen LogP contribution in [0, 0.1) is 0 Å². The van der Waals surface area contributed by atoms with Crippen LogP contribution in [-0.4, -0.2) is 14.5 Å². The zero-order chi connectivity index (χ0) is 9.42. The number of H-pyrrole nitrogens is 1. The van der Waals surface area contributed by atoms with E-state index in [1.54, 1.807) is 13.1 Å². The van der Waals surface area contributed by atoms with E-state index in [4.69, 9.17) is 0 Å². The summed E-state index contributed by atoms with van der Waals surface area (Å²) in [7, 11) is 1.59. The molecule has 0 aliphatic carbocycles. The highest BCUT2D eigenvalue weighted by atomic mass is 16.1. The highest BCUT2D eigenvalue weighted by molar-refractivity contribution is 5.68. The summed E-state index contributed by atoms with van der Waals surface area (Å²) in [6.45, 7) is 0. The molecule has 2 heterocycles. The van der Waals surface area contributed by atoms with Crippen molar-refractivity contribution in [2.45, 2.75) is 0 Å². The second-order valence-electron chi connectivity index (χ2n) is 2.71. The predicted molar refractivity (Wildman–Crippen MR) is 47.6 cm³/mol. The van der Waals surface area contributed by atoms with Crippen molar-refractivity contribution in [1.82, 2.24) is 14.5 Å². The Balaban J connectivity index is 3.06. The van der Waals surface area contributed by atoms with Gasteiger partial charge in [-0.15, -0.1) is 0 Å². The molecular weight excluding hydrogens is 170 g/mol. The zero-order valence-corrected chi connectivity index (χ0v) is 6.94. The van der Waals surface area contributed by atoms with Gasteiger partial charge in [-0.2, -0.15) is 0 Å². The van der Waals surface area contributed by atoms with Crippen LogP contribution < -0.4 is 11.1 Å². The van der Waals surface area contributed by atoms with Crippen LogP contribution in [0.5, 0.6) is 0 Å². The summed E-state index contributed by atoms with van der Waals surface area (Å²) in [5, 5.41) is 0. The van der Waals surface area contributed by atoms with E-state index < -0.39 is 0 Å². The van der Waals surface area contributed by atoms with Crippen LogP contribution in [0.15, 0.2) is 27.9 Å². The third-order valence-electron chi connectivity index (χ3n) is 1.86. The van der Waals surface area contributed by atoms with Crippen LogP contribution in [0.25, 0.3) is 11.2 Å². The summed E-state index contributed by atoms with van der Waals surface area (Å²) in [6.07, 6.45) is 1.22. The number of nitrogens with one attached hydrogen (secondary N) is 1. The lowest BCUT2D eigenvalue weighted by atomic mass is 10.4. The molecule has 0 bridgehead atoms. The first-order valence-electron chi connectivity index (χ1n) is 3.73. The molecule has 0 aromatic carbocycles. The van der Waals surface area contributed by atoms with Gasteiger partial charge in [0.15, 0.2) is 0 Å². The number of fused-ring (bicyclic) bond motifs is 1.